The standard InChI is InChI=1S/C15H14N4O4S/c20-13(17-11-4-2-1-3-5-11)7-8-14(21)18-16-10-12-6-9-15(24-12)19(22)23/h1-6,9-10H,7-8H2,(H,17,20)(H,18,21)/b16-10+. The van der Waals surface area contributed by atoms with Crippen LogP contribution in [0.5, 0.6) is 0 Å². The monoisotopic (exact) mass is 346 g/mol. The molecule has 8 nitrogen and oxygen atoms in total. The van der Waals surface area contributed by atoms with Gasteiger partial charge in [-0.25, -0.2) is 5.43 Å². The minimum Gasteiger partial charge on any atom is -0.326 e. The van der Waals surface area contributed by atoms with E-state index in [1.807, 2.05) is 6.07 Å². The van der Waals surface area contributed by atoms with Gasteiger partial charge in [0.2, 0.25) is 11.8 Å². The number of carbonyl (C=O) groups is 2. The van der Waals surface area contributed by atoms with Crippen molar-refractivity contribution in [1.82, 2.24) is 5.43 Å². The summed E-state index contributed by atoms with van der Waals surface area (Å²) in [5.41, 5.74) is 2.94. The Morgan fingerprint density at radius 3 is 2.50 bits per heavy atom. The molecule has 0 spiro atoms. The molecule has 2 aromatic rings. The molecule has 0 unspecified atom stereocenters. The van der Waals surface area contributed by atoms with Gasteiger partial charge in [0.15, 0.2) is 0 Å². The Kier molecular flexibility index (Phi) is 6.15. The highest BCUT2D eigenvalue weighted by Gasteiger charge is 2.09. The van der Waals surface area contributed by atoms with Gasteiger partial charge in [-0.2, -0.15) is 5.10 Å². The van der Waals surface area contributed by atoms with E-state index >= 15 is 0 Å². The first-order valence-electron chi connectivity index (χ1n) is 6.95. The first-order chi connectivity index (χ1) is 11.5. The first kappa shape index (κ1) is 17.3. The molecule has 0 aliphatic carbocycles. The average molecular weight is 346 g/mol. The largest absolute Gasteiger partial charge is 0.326 e. The number of nitro groups is 1. The molecule has 24 heavy (non-hydrogen) atoms. The second-order valence-corrected chi connectivity index (χ2v) is 5.73. The molecule has 2 amide bonds. The van der Waals surface area contributed by atoms with Gasteiger partial charge in [0.25, 0.3) is 0 Å². The molecule has 1 aromatic carbocycles. The van der Waals surface area contributed by atoms with Crippen LogP contribution in [0, 0.1) is 10.1 Å². The van der Waals surface area contributed by atoms with Crippen molar-refractivity contribution < 1.29 is 14.5 Å². The van der Waals surface area contributed by atoms with Gasteiger partial charge >= 0.3 is 5.00 Å². The molecule has 0 bridgehead atoms. The van der Waals surface area contributed by atoms with E-state index in [2.05, 4.69) is 15.8 Å². The fourth-order valence-electron chi connectivity index (χ4n) is 1.71. The van der Waals surface area contributed by atoms with Gasteiger partial charge in [-0.05, 0) is 18.2 Å². The normalized spacial score (nSPS) is 10.5. The SMILES string of the molecule is O=C(CCC(=O)Nc1ccccc1)N/N=C/c1ccc([N+](=O)[O-])s1. The van der Waals surface area contributed by atoms with Crippen LogP contribution in [-0.4, -0.2) is 23.0 Å². The van der Waals surface area contributed by atoms with Crippen LogP contribution < -0.4 is 10.7 Å². The lowest BCUT2D eigenvalue weighted by molar-refractivity contribution is -0.380. The topological polar surface area (TPSA) is 114 Å². The van der Waals surface area contributed by atoms with E-state index in [-0.39, 0.29) is 23.7 Å². The average Bonchev–Trinajstić information content (AvgIpc) is 3.03. The molecular formula is C15H14N4O4S. The molecule has 2 N–H and O–H groups in total. The van der Waals surface area contributed by atoms with Crippen molar-refractivity contribution in [2.24, 2.45) is 5.10 Å². The molecule has 0 aliphatic heterocycles. The minimum atomic E-state index is -0.494. The van der Waals surface area contributed by atoms with Gasteiger partial charge in [-0.15, -0.1) is 0 Å². The van der Waals surface area contributed by atoms with Crippen LogP contribution in [0.15, 0.2) is 47.6 Å². The van der Waals surface area contributed by atoms with Crippen molar-refractivity contribution in [3.05, 3.63) is 57.5 Å². The Labute approximate surface area is 141 Å². The number of nitrogens with one attached hydrogen (secondary N) is 2. The highest BCUT2D eigenvalue weighted by Crippen LogP contribution is 2.22. The van der Waals surface area contributed by atoms with Gasteiger partial charge in [0.1, 0.15) is 0 Å². The van der Waals surface area contributed by atoms with Crippen LogP contribution in [-0.2, 0) is 9.59 Å². The summed E-state index contributed by atoms with van der Waals surface area (Å²) in [4.78, 5) is 33.9. The van der Waals surface area contributed by atoms with Crippen molar-refractivity contribution in [2.45, 2.75) is 12.8 Å². The van der Waals surface area contributed by atoms with Gasteiger partial charge in [0, 0.05) is 24.6 Å². The number of amides is 2. The lowest BCUT2D eigenvalue weighted by Crippen LogP contribution is -2.20. The Hall–Kier alpha value is -3.07. The Morgan fingerprint density at radius 1 is 1.12 bits per heavy atom. The summed E-state index contributed by atoms with van der Waals surface area (Å²) in [6, 6.07) is 11.8. The second kappa shape index (κ2) is 8.53. The summed E-state index contributed by atoms with van der Waals surface area (Å²) in [6.07, 6.45) is 1.33. The van der Waals surface area contributed by atoms with Crippen molar-refractivity contribution in [2.75, 3.05) is 5.32 Å². The van der Waals surface area contributed by atoms with Crippen LogP contribution >= 0.6 is 11.3 Å². The van der Waals surface area contributed by atoms with Gasteiger partial charge in [-0.3, -0.25) is 19.7 Å². The molecule has 2 rings (SSSR count). The molecule has 0 saturated heterocycles. The van der Waals surface area contributed by atoms with Gasteiger partial charge < -0.3 is 5.32 Å². The minimum absolute atomic E-state index is 0.000333. The third-order valence-corrected chi connectivity index (χ3v) is 3.78. The lowest BCUT2D eigenvalue weighted by Gasteiger charge is -2.04. The number of benzene rings is 1. The van der Waals surface area contributed by atoms with E-state index in [1.54, 1.807) is 24.3 Å². The predicted molar refractivity (Wildman–Crippen MR) is 91.0 cm³/mol. The molecule has 0 saturated carbocycles. The Morgan fingerprint density at radius 2 is 1.83 bits per heavy atom. The maximum atomic E-state index is 11.7. The van der Waals surface area contributed by atoms with Crippen LogP contribution in [0.4, 0.5) is 10.7 Å². The second-order valence-electron chi connectivity index (χ2n) is 4.64. The number of hydrogen-bond acceptors (Lipinski definition) is 6. The van der Waals surface area contributed by atoms with Crippen molar-refractivity contribution >= 4 is 40.1 Å². The third-order valence-electron chi connectivity index (χ3n) is 2.81. The van der Waals surface area contributed by atoms with E-state index in [4.69, 9.17) is 0 Å². The number of hydrazone groups is 1. The fraction of sp³-hybridized carbons (Fsp3) is 0.133. The summed E-state index contributed by atoms with van der Waals surface area (Å²) in [7, 11) is 0. The molecule has 1 aromatic heterocycles. The van der Waals surface area contributed by atoms with Gasteiger partial charge in [0.05, 0.1) is 16.0 Å². The lowest BCUT2D eigenvalue weighted by atomic mass is 10.2. The summed E-state index contributed by atoms with van der Waals surface area (Å²) in [5.74, 6) is -0.685. The summed E-state index contributed by atoms with van der Waals surface area (Å²) in [6.45, 7) is 0. The highest BCUT2D eigenvalue weighted by atomic mass is 32.1. The zero-order chi connectivity index (χ0) is 17.4. The van der Waals surface area contributed by atoms with Crippen molar-refractivity contribution in [3.8, 4) is 0 Å². The van der Waals surface area contributed by atoms with E-state index < -0.39 is 10.8 Å². The van der Waals surface area contributed by atoms with Crippen molar-refractivity contribution in [1.29, 1.82) is 0 Å². The third kappa shape index (κ3) is 5.61. The molecule has 0 aliphatic rings. The molecule has 0 atom stereocenters. The number of nitrogens with zero attached hydrogens (tertiary/aromatic N) is 2. The van der Waals surface area contributed by atoms with E-state index in [0.717, 1.165) is 11.3 Å². The summed E-state index contributed by atoms with van der Waals surface area (Å²) >= 11 is 0.948. The highest BCUT2D eigenvalue weighted by molar-refractivity contribution is 7.16. The Balaban J connectivity index is 1.71. The van der Waals surface area contributed by atoms with Crippen LogP contribution in [0.3, 0.4) is 0 Å². The quantitative estimate of drug-likeness (QED) is 0.455. The number of anilines is 1. The molecule has 0 radical (unpaired) electrons. The smallest absolute Gasteiger partial charge is 0.324 e. The number of rotatable bonds is 7. The summed E-state index contributed by atoms with van der Waals surface area (Å²) in [5, 5.41) is 16.9. The van der Waals surface area contributed by atoms with Crippen LogP contribution in [0.2, 0.25) is 0 Å². The molecule has 1 heterocycles. The first-order valence-corrected chi connectivity index (χ1v) is 7.77. The number of carbonyl (C=O) groups excluding carboxylic acids is 2. The zero-order valence-corrected chi connectivity index (χ0v) is 13.3. The molecule has 9 heteroatoms. The molecule has 0 fully saturated rings. The van der Waals surface area contributed by atoms with Gasteiger partial charge in [-0.1, -0.05) is 29.5 Å². The summed E-state index contributed by atoms with van der Waals surface area (Å²) < 4.78 is 0. The number of hydrogen-bond donors (Lipinski definition) is 2. The Bertz CT molecular complexity index is 758. The van der Waals surface area contributed by atoms with E-state index in [9.17, 15) is 19.7 Å². The maximum Gasteiger partial charge on any atom is 0.324 e. The molecule has 124 valence electrons. The van der Waals surface area contributed by atoms with E-state index in [0.29, 0.717) is 10.6 Å². The molecular weight excluding hydrogens is 332 g/mol. The van der Waals surface area contributed by atoms with Crippen LogP contribution in [0.1, 0.15) is 17.7 Å². The fourth-order valence-corrected chi connectivity index (χ4v) is 2.40. The maximum absolute atomic E-state index is 11.7. The van der Waals surface area contributed by atoms with E-state index in [1.165, 1.54) is 18.3 Å². The number of para-hydroxylation sites is 1. The zero-order valence-electron chi connectivity index (χ0n) is 12.5. The predicted octanol–water partition coefficient (Wildman–Crippen LogP) is 2.53. The van der Waals surface area contributed by atoms with Crippen molar-refractivity contribution in [3.63, 3.8) is 0 Å². The van der Waals surface area contributed by atoms with Crippen LogP contribution in [0.25, 0.3) is 0 Å². The number of thiophene rings is 1.